The molecule has 1 aliphatic rings. The van der Waals surface area contributed by atoms with Crippen molar-refractivity contribution >= 4 is 38.9 Å². The summed E-state index contributed by atoms with van der Waals surface area (Å²) in [5.74, 6) is 0. The summed E-state index contributed by atoms with van der Waals surface area (Å²) in [4.78, 5) is 2.12. The van der Waals surface area contributed by atoms with Gasteiger partial charge in [0, 0.05) is 55.0 Å². The molecular formula is C25H23Cl2N2O2SY-. The predicted octanol–water partition coefficient (Wildman–Crippen LogP) is 5.85. The van der Waals surface area contributed by atoms with Gasteiger partial charge in [0.25, 0.3) is 0 Å². The molecule has 4 nitrogen and oxygen atoms in total. The van der Waals surface area contributed by atoms with Gasteiger partial charge in [-0.1, -0.05) is 66.7 Å². The van der Waals surface area contributed by atoms with Crippen molar-refractivity contribution in [2.75, 3.05) is 17.1 Å². The first-order valence-corrected chi connectivity index (χ1v) is 12.7. The average molecular weight is 575 g/mol. The molecular weight excluding hydrogens is 552 g/mol. The van der Waals surface area contributed by atoms with E-state index in [1.165, 1.54) is 10.6 Å². The Balaban J connectivity index is 0.00000306. The van der Waals surface area contributed by atoms with Gasteiger partial charge in [0.1, 0.15) is 0 Å². The summed E-state index contributed by atoms with van der Waals surface area (Å²) in [5.41, 5.74) is 4.33. The monoisotopic (exact) mass is 574 g/mol. The summed E-state index contributed by atoms with van der Waals surface area (Å²) in [6.45, 7) is 6.68. The van der Waals surface area contributed by atoms with E-state index in [1.807, 2.05) is 67.6 Å². The molecule has 1 radical (unpaired) electrons. The molecule has 33 heavy (non-hydrogen) atoms. The molecule has 1 heterocycles. The minimum Gasteiger partial charge on any atom is -0.360 e. The normalized spacial score (nSPS) is 15.7. The maximum Gasteiger partial charge on any atom is 0.222 e. The van der Waals surface area contributed by atoms with E-state index in [0.29, 0.717) is 22.3 Å². The van der Waals surface area contributed by atoms with Gasteiger partial charge in [-0.25, -0.2) is 8.42 Å². The Kier molecular flexibility index (Phi) is 8.34. The van der Waals surface area contributed by atoms with Crippen LogP contribution in [0.5, 0.6) is 0 Å². The number of halogens is 2. The second-order valence-electron chi connectivity index (χ2n) is 7.99. The minimum absolute atomic E-state index is 0. The molecule has 1 atom stereocenters. The first-order valence-electron chi connectivity index (χ1n) is 10.1. The second kappa shape index (κ2) is 10.5. The Morgan fingerprint density at radius 2 is 1.55 bits per heavy atom. The van der Waals surface area contributed by atoms with Crippen molar-refractivity contribution in [3.05, 3.63) is 112 Å². The van der Waals surface area contributed by atoms with Gasteiger partial charge in [0.2, 0.25) is 10.0 Å². The molecule has 4 rings (SSSR count). The molecule has 3 aromatic rings. The van der Waals surface area contributed by atoms with E-state index in [9.17, 15) is 8.42 Å². The zero-order valence-electron chi connectivity index (χ0n) is 18.4. The van der Waals surface area contributed by atoms with E-state index in [1.54, 1.807) is 6.07 Å². The van der Waals surface area contributed by atoms with Crippen LogP contribution in [-0.4, -0.2) is 32.2 Å². The van der Waals surface area contributed by atoms with Crippen LogP contribution in [0, 0.1) is 13.0 Å². The molecule has 1 saturated heterocycles. The van der Waals surface area contributed by atoms with Crippen molar-refractivity contribution in [1.82, 2.24) is 4.90 Å². The first-order chi connectivity index (χ1) is 15.1. The SMILES string of the molecule is C=C1C(N(c2c[c-]cc(C)c2)S(C)(=O)=O)CN1C(c1ccc(Cl)cc1)c1ccc(Cl)cc1.[Y]. The number of hydrogen-bond donors (Lipinski definition) is 0. The van der Waals surface area contributed by atoms with Crippen LogP contribution < -0.4 is 4.31 Å². The van der Waals surface area contributed by atoms with Gasteiger partial charge in [-0.05, 0) is 35.4 Å². The van der Waals surface area contributed by atoms with Crippen molar-refractivity contribution in [2.45, 2.75) is 19.0 Å². The van der Waals surface area contributed by atoms with Crippen LogP contribution in [0.3, 0.4) is 0 Å². The third kappa shape index (κ3) is 5.66. The number of anilines is 1. The van der Waals surface area contributed by atoms with E-state index in [0.717, 1.165) is 22.4 Å². The molecule has 0 spiro atoms. The smallest absolute Gasteiger partial charge is 0.222 e. The van der Waals surface area contributed by atoms with Crippen LogP contribution in [0.25, 0.3) is 0 Å². The molecule has 1 unspecified atom stereocenters. The molecule has 0 aliphatic carbocycles. The Bertz CT molecular complexity index is 1200. The molecule has 0 saturated carbocycles. The molecule has 169 valence electrons. The largest absolute Gasteiger partial charge is 0.360 e. The Labute approximate surface area is 231 Å². The minimum atomic E-state index is -3.53. The fourth-order valence-corrected chi connectivity index (χ4v) is 5.51. The first kappa shape index (κ1) is 26.2. The van der Waals surface area contributed by atoms with Crippen LogP contribution in [-0.2, 0) is 42.7 Å². The van der Waals surface area contributed by atoms with E-state index in [2.05, 4.69) is 17.5 Å². The van der Waals surface area contributed by atoms with E-state index in [-0.39, 0.29) is 44.8 Å². The Morgan fingerprint density at radius 1 is 1.03 bits per heavy atom. The van der Waals surface area contributed by atoms with Crippen molar-refractivity contribution < 1.29 is 41.1 Å². The zero-order chi connectivity index (χ0) is 23.0. The zero-order valence-corrected chi connectivity index (χ0v) is 23.5. The van der Waals surface area contributed by atoms with Gasteiger partial charge in [0.05, 0.1) is 18.3 Å². The summed E-state index contributed by atoms with van der Waals surface area (Å²) in [6, 6.07) is 23.2. The van der Waals surface area contributed by atoms with Gasteiger partial charge < -0.3 is 9.21 Å². The number of benzene rings is 3. The molecule has 8 heteroatoms. The maximum absolute atomic E-state index is 12.7. The molecule has 3 aromatic carbocycles. The third-order valence-corrected chi connectivity index (χ3v) is 7.30. The summed E-state index contributed by atoms with van der Waals surface area (Å²) in [5, 5.41) is 1.31. The Morgan fingerprint density at radius 3 is 1.97 bits per heavy atom. The average Bonchev–Trinajstić information content (AvgIpc) is 2.74. The number of hydrogen-bond acceptors (Lipinski definition) is 3. The molecule has 1 aliphatic heterocycles. The van der Waals surface area contributed by atoms with E-state index in [4.69, 9.17) is 23.2 Å². The third-order valence-electron chi connectivity index (χ3n) is 5.62. The number of sulfonamides is 1. The van der Waals surface area contributed by atoms with Crippen molar-refractivity contribution in [1.29, 1.82) is 0 Å². The maximum atomic E-state index is 12.7. The van der Waals surface area contributed by atoms with E-state index < -0.39 is 10.0 Å². The molecule has 0 aromatic heterocycles. The van der Waals surface area contributed by atoms with Crippen LogP contribution >= 0.6 is 23.2 Å². The molecule has 1 fully saturated rings. The second-order valence-corrected chi connectivity index (χ2v) is 10.7. The van der Waals surface area contributed by atoms with Crippen LogP contribution in [0.15, 0.2) is 79.0 Å². The fraction of sp³-hybridized carbons (Fsp3) is 0.200. The van der Waals surface area contributed by atoms with Crippen molar-refractivity contribution in [2.24, 2.45) is 0 Å². The molecule has 0 N–H and O–H groups in total. The fourth-order valence-electron chi connectivity index (χ4n) is 4.12. The summed E-state index contributed by atoms with van der Waals surface area (Å²) >= 11 is 12.2. The van der Waals surface area contributed by atoms with Crippen LogP contribution in [0.1, 0.15) is 22.7 Å². The molecule has 0 bridgehead atoms. The number of rotatable bonds is 6. The number of aryl methyl sites for hydroxylation is 1. The topological polar surface area (TPSA) is 40.6 Å². The van der Waals surface area contributed by atoms with Gasteiger partial charge in [0.15, 0.2) is 0 Å². The van der Waals surface area contributed by atoms with E-state index >= 15 is 0 Å². The van der Waals surface area contributed by atoms with Crippen LogP contribution in [0.2, 0.25) is 10.0 Å². The van der Waals surface area contributed by atoms with Crippen molar-refractivity contribution in [3.8, 4) is 0 Å². The van der Waals surface area contributed by atoms with Crippen molar-refractivity contribution in [3.63, 3.8) is 0 Å². The Hall–Kier alpha value is -1.37. The van der Waals surface area contributed by atoms with Gasteiger partial charge >= 0.3 is 0 Å². The summed E-state index contributed by atoms with van der Waals surface area (Å²) in [6.07, 6.45) is 1.22. The van der Waals surface area contributed by atoms with Crippen LogP contribution in [0.4, 0.5) is 5.69 Å². The standard InChI is InChI=1S/C25H23Cl2N2O2S.Y/c1-17-5-4-6-23(15-17)29(32(3,30)31)24-16-28(18(24)2)25(19-7-11-21(26)12-8-19)20-9-13-22(27)14-10-20;/h5-15,24-25H,2,16H2,1,3H3;/q-1;. The number of nitrogens with zero attached hydrogens (tertiary/aromatic N) is 2. The summed E-state index contributed by atoms with van der Waals surface area (Å²) in [7, 11) is -3.53. The van der Waals surface area contributed by atoms with Gasteiger partial charge in [-0.15, -0.1) is 6.07 Å². The number of likely N-dealkylation sites (tertiary alicyclic amines) is 1. The quantitative estimate of drug-likeness (QED) is 0.347. The predicted molar refractivity (Wildman–Crippen MR) is 132 cm³/mol. The van der Waals surface area contributed by atoms with Gasteiger partial charge in [-0.2, -0.15) is 23.8 Å². The summed E-state index contributed by atoms with van der Waals surface area (Å²) < 4.78 is 26.9. The van der Waals surface area contributed by atoms with Gasteiger partial charge in [-0.3, -0.25) is 0 Å². The molecule has 0 amide bonds.